The highest BCUT2D eigenvalue weighted by Crippen LogP contribution is 2.54. The molecule has 1 radical (unpaired) electrons. The van der Waals surface area contributed by atoms with Crippen LogP contribution in [0, 0.1) is 12.8 Å². The van der Waals surface area contributed by atoms with Crippen molar-refractivity contribution >= 4 is 30.1 Å². The molecule has 8 heteroatoms. The quantitative estimate of drug-likeness (QED) is 0.128. The van der Waals surface area contributed by atoms with Gasteiger partial charge in [0, 0.05) is 28.3 Å². The maximum absolute atomic E-state index is 16.0. The first-order valence-electron chi connectivity index (χ1n) is 17.5. The summed E-state index contributed by atoms with van der Waals surface area (Å²) in [5, 5.41) is 0. The zero-order valence-corrected chi connectivity index (χ0v) is 30.8. The second-order valence-corrected chi connectivity index (χ2v) is 13.1. The summed E-state index contributed by atoms with van der Waals surface area (Å²) in [7, 11) is 7.33. The monoisotopic (exact) mass is 703 g/mol. The van der Waals surface area contributed by atoms with Gasteiger partial charge < -0.3 is 28.1 Å². The van der Waals surface area contributed by atoms with Gasteiger partial charge >= 0.3 is 7.69 Å². The topological polar surface area (TPSA) is 52.5 Å². The molecule has 5 aromatic rings. The van der Waals surface area contributed by atoms with E-state index in [1.807, 2.05) is 97.1 Å². The molecule has 0 saturated heterocycles. The van der Waals surface area contributed by atoms with Gasteiger partial charge in [0.25, 0.3) is 0 Å². The van der Waals surface area contributed by atoms with Gasteiger partial charge in [0.15, 0.2) is 0 Å². The van der Waals surface area contributed by atoms with E-state index in [9.17, 15) is 0 Å². The molecule has 7 rings (SSSR count). The molecule has 0 aliphatic carbocycles. The molecule has 2 aliphatic heterocycles. The first-order valence-corrected chi connectivity index (χ1v) is 17.5. The molecule has 0 bridgehead atoms. The van der Waals surface area contributed by atoms with E-state index in [0.717, 1.165) is 97.9 Å². The van der Waals surface area contributed by atoms with E-state index in [2.05, 4.69) is 44.2 Å². The Morgan fingerprint density at radius 2 is 1.13 bits per heavy atom. The molecule has 2 heterocycles. The van der Waals surface area contributed by atoms with Gasteiger partial charge in [-0.3, -0.25) is 0 Å². The van der Waals surface area contributed by atoms with Crippen molar-refractivity contribution in [1.82, 2.24) is 4.81 Å². The number of ether oxygens (including phenoxy) is 4. The molecule has 0 spiro atoms. The van der Waals surface area contributed by atoms with Gasteiger partial charge in [-0.1, -0.05) is 67.6 Å². The lowest BCUT2D eigenvalue weighted by atomic mass is 9.85. The highest BCUT2D eigenvalue weighted by Gasteiger charge is 2.43. The van der Waals surface area contributed by atoms with Crippen LogP contribution in [-0.2, 0) is 0 Å². The molecular weight excluding hydrogens is 662 g/mol. The van der Waals surface area contributed by atoms with Crippen molar-refractivity contribution in [2.45, 2.75) is 19.9 Å². The minimum atomic E-state index is -0.363. The van der Waals surface area contributed by atoms with E-state index in [0.29, 0.717) is 0 Å². The fourth-order valence-electron chi connectivity index (χ4n) is 7.42. The Kier molecular flexibility index (Phi) is 10.2. The number of methoxy groups -OCH3 is 4. The van der Waals surface area contributed by atoms with E-state index < -0.39 is 0 Å². The number of aliphatic imine (C=N–C) groups is 1. The van der Waals surface area contributed by atoms with Crippen molar-refractivity contribution in [3.63, 3.8) is 0 Å². The number of halogens is 1. The second kappa shape index (κ2) is 15.3. The molecule has 265 valence electrons. The van der Waals surface area contributed by atoms with Gasteiger partial charge in [-0.05, 0) is 107 Å². The Morgan fingerprint density at radius 1 is 0.642 bits per heavy atom. The SMILES string of the molecule is COc1ccc(C2=CC(c3ccc(OC)cc3)=N/C2=C(\C2=C(c3ccc(OC)cc3)C(C)C(c3ccc(OC)cc3)N2[B]F)c2ccccc2C)cc1. The standard InChI is InChI=1S/C45H41BFN2O4/c1-28-9-7-8-10-38(28)42(43-39(30-11-19-34(50-3)20-12-30)27-40(48-43)31-13-21-35(51-4)22-14-31)45-41(32-15-23-36(52-5)24-16-32)29(2)44(49(45)46-47)33-17-25-37(53-6)26-18-33/h7-27,29,44H,1-6H3/b43-42-. The van der Waals surface area contributed by atoms with Crippen LogP contribution in [0.4, 0.5) is 4.32 Å². The van der Waals surface area contributed by atoms with Gasteiger partial charge in [-0.15, -0.1) is 0 Å². The van der Waals surface area contributed by atoms with Gasteiger partial charge in [0.1, 0.15) is 23.0 Å². The Bertz CT molecular complexity index is 2230. The third-order valence-corrected chi connectivity index (χ3v) is 10.1. The van der Waals surface area contributed by atoms with E-state index in [1.165, 1.54) is 0 Å². The number of hydrogen-bond acceptors (Lipinski definition) is 6. The fourth-order valence-corrected chi connectivity index (χ4v) is 7.42. The molecule has 5 aromatic carbocycles. The van der Waals surface area contributed by atoms with Gasteiger partial charge in [0.05, 0.1) is 45.9 Å². The molecule has 6 nitrogen and oxygen atoms in total. The summed E-state index contributed by atoms with van der Waals surface area (Å²) in [6.07, 6.45) is 2.12. The Hall–Kier alpha value is -6.02. The molecule has 0 N–H and O–H groups in total. The summed E-state index contributed by atoms with van der Waals surface area (Å²) < 4.78 is 38.0. The average Bonchev–Trinajstić information content (AvgIpc) is 3.78. The maximum Gasteiger partial charge on any atom is 0.491 e. The Labute approximate surface area is 311 Å². The summed E-state index contributed by atoms with van der Waals surface area (Å²) in [6, 6.07) is 39.7. The van der Waals surface area contributed by atoms with Crippen LogP contribution in [0.1, 0.15) is 46.3 Å². The maximum atomic E-state index is 16.0. The van der Waals surface area contributed by atoms with Crippen LogP contribution in [0.25, 0.3) is 16.7 Å². The van der Waals surface area contributed by atoms with Crippen LogP contribution >= 0.6 is 0 Å². The second-order valence-electron chi connectivity index (χ2n) is 13.1. The molecule has 0 aromatic heterocycles. The minimum absolute atomic E-state index is 0.140. The lowest BCUT2D eigenvalue weighted by Gasteiger charge is -2.31. The number of nitrogens with zero attached hydrogens (tertiary/aromatic N) is 2. The van der Waals surface area contributed by atoms with Gasteiger partial charge in [-0.2, -0.15) is 0 Å². The van der Waals surface area contributed by atoms with E-state index in [1.54, 1.807) is 33.3 Å². The van der Waals surface area contributed by atoms with Crippen molar-refractivity contribution in [3.8, 4) is 23.0 Å². The fraction of sp³-hybridized carbons (Fsp3) is 0.178. The molecule has 0 fully saturated rings. The zero-order chi connectivity index (χ0) is 37.1. The number of hydrogen-bond donors (Lipinski definition) is 0. The van der Waals surface area contributed by atoms with Crippen molar-refractivity contribution < 1.29 is 23.3 Å². The van der Waals surface area contributed by atoms with Crippen LogP contribution < -0.4 is 18.9 Å². The summed E-state index contributed by atoms with van der Waals surface area (Å²) in [5.74, 6) is 2.85. The predicted molar refractivity (Wildman–Crippen MR) is 212 cm³/mol. The molecule has 53 heavy (non-hydrogen) atoms. The largest absolute Gasteiger partial charge is 0.497 e. The summed E-state index contributed by atoms with van der Waals surface area (Å²) >= 11 is 0. The third-order valence-electron chi connectivity index (χ3n) is 10.1. The Morgan fingerprint density at radius 3 is 1.64 bits per heavy atom. The van der Waals surface area contributed by atoms with E-state index in [-0.39, 0.29) is 12.0 Å². The summed E-state index contributed by atoms with van der Waals surface area (Å²) in [5.41, 5.74) is 10.8. The molecule has 2 atom stereocenters. The van der Waals surface area contributed by atoms with Crippen molar-refractivity contribution in [3.05, 3.63) is 172 Å². The van der Waals surface area contributed by atoms with Crippen molar-refractivity contribution in [2.24, 2.45) is 10.9 Å². The van der Waals surface area contributed by atoms with Crippen LogP contribution in [-0.4, -0.2) is 46.7 Å². The first-order chi connectivity index (χ1) is 25.9. The smallest absolute Gasteiger partial charge is 0.491 e. The lowest BCUT2D eigenvalue weighted by Crippen LogP contribution is -2.28. The van der Waals surface area contributed by atoms with Crippen molar-refractivity contribution in [1.29, 1.82) is 0 Å². The number of aryl methyl sites for hydroxylation is 1. The molecule has 2 aliphatic rings. The highest BCUT2D eigenvalue weighted by molar-refractivity contribution is 6.26. The molecular formula is C45H41BFN2O4. The Balaban J connectivity index is 1.56. The zero-order valence-electron chi connectivity index (χ0n) is 30.8. The van der Waals surface area contributed by atoms with Crippen LogP contribution in [0.15, 0.2) is 144 Å². The summed E-state index contributed by atoms with van der Waals surface area (Å²) in [6.45, 7) is 4.26. The number of allylic oxidation sites excluding steroid dienone is 3. The summed E-state index contributed by atoms with van der Waals surface area (Å²) in [4.78, 5) is 7.23. The third kappa shape index (κ3) is 6.73. The van der Waals surface area contributed by atoms with Crippen molar-refractivity contribution in [2.75, 3.05) is 28.4 Å². The van der Waals surface area contributed by atoms with Crippen LogP contribution in [0.5, 0.6) is 23.0 Å². The van der Waals surface area contributed by atoms with Crippen LogP contribution in [0.2, 0.25) is 0 Å². The molecule has 0 saturated carbocycles. The predicted octanol–water partition coefficient (Wildman–Crippen LogP) is 9.94. The van der Waals surface area contributed by atoms with Gasteiger partial charge in [0.2, 0.25) is 0 Å². The van der Waals surface area contributed by atoms with Gasteiger partial charge in [-0.25, -0.2) is 4.99 Å². The lowest BCUT2D eigenvalue weighted by molar-refractivity contribution is 0.373. The van der Waals surface area contributed by atoms with E-state index >= 15 is 4.32 Å². The average molecular weight is 704 g/mol. The van der Waals surface area contributed by atoms with Crippen LogP contribution in [0.3, 0.4) is 0 Å². The molecule has 2 unspecified atom stereocenters. The molecule has 0 amide bonds. The van der Waals surface area contributed by atoms with E-state index in [4.69, 9.17) is 23.9 Å². The first kappa shape index (κ1) is 35.4. The number of rotatable bonds is 11. The number of benzene rings is 5. The minimum Gasteiger partial charge on any atom is -0.497 e. The normalized spacial score (nSPS) is 17.7. The highest BCUT2D eigenvalue weighted by atomic mass is 19.1.